The van der Waals surface area contributed by atoms with Gasteiger partial charge in [-0.05, 0) is 18.2 Å². The summed E-state index contributed by atoms with van der Waals surface area (Å²) < 4.78 is 74.1. The average molecular weight is 218 g/mol. The molecule has 0 rings (SSSR count). The SMILES string of the molecule is C=C(F)F.FC(F)(F)C(F)(F)Cl. The van der Waals surface area contributed by atoms with E-state index in [9.17, 15) is 30.7 Å². The molecular weight excluding hydrogens is 216 g/mol. The molecular formula is C4H2ClF7. The molecule has 0 aliphatic carbocycles. The van der Waals surface area contributed by atoms with Crippen LogP contribution in [-0.4, -0.2) is 11.6 Å². The van der Waals surface area contributed by atoms with Crippen LogP contribution in [0.2, 0.25) is 0 Å². The van der Waals surface area contributed by atoms with Crippen molar-refractivity contribution in [2.75, 3.05) is 0 Å². The van der Waals surface area contributed by atoms with Crippen LogP contribution in [0.3, 0.4) is 0 Å². The molecule has 0 saturated carbocycles. The van der Waals surface area contributed by atoms with Gasteiger partial charge in [0, 0.05) is 0 Å². The van der Waals surface area contributed by atoms with Crippen molar-refractivity contribution in [3.05, 3.63) is 12.7 Å². The Morgan fingerprint density at radius 2 is 1.08 bits per heavy atom. The summed E-state index contributed by atoms with van der Waals surface area (Å²) >= 11 is 3.55. The maximum Gasteiger partial charge on any atom is 0.469 e. The monoisotopic (exact) mass is 218 g/mol. The number of rotatable bonds is 0. The first-order valence-electron chi connectivity index (χ1n) is 2.12. The highest BCUT2D eigenvalue weighted by molar-refractivity contribution is 6.22. The van der Waals surface area contributed by atoms with Gasteiger partial charge in [-0.15, -0.1) is 0 Å². The molecule has 0 spiro atoms. The Labute approximate surface area is 67.6 Å². The van der Waals surface area contributed by atoms with Crippen LogP contribution in [0.5, 0.6) is 0 Å². The summed E-state index contributed by atoms with van der Waals surface area (Å²) in [7, 11) is 0. The fourth-order valence-electron chi connectivity index (χ4n) is 0. The molecule has 0 N–H and O–H groups in total. The third-order valence-corrected chi connectivity index (χ3v) is 0.536. The average Bonchev–Trinajstić information content (AvgIpc) is 1.55. The van der Waals surface area contributed by atoms with Gasteiger partial charge in [0.15, 0.2) is 0 Å². The van der Waals surface area contributed by atoms with E-state index in [2.05, 4.69) is 18.2 Å². The summed E-state index contributed by atoms with van der Waals surface area (Å²) in [6, 6.07) is 0. The lowest BCUT2D eigenvalue weighted by molar-refractivity contribution is -0.241. The largest absolute Gasteiger partial charge is 0.469 e. The van der Waals surface area contributed by atoms with Crippen molar-refractivity contribution < 1.29 is 30.7 Å². The highest BCUT2D eigenvalue weighted by Crippen LogP contribution is 2.38. The van der Waals surface area contributed by atoms with Gasteiger partial charge in [0.2, 0.25) is 0 Å². The lowest BCUT2D eigenvalue weighted by atomic mass is 10.7. The zero-order valence-corrected chi connectivity index (χ0v) is 5.99. The third kappa shape index (κ3) is 9.54. The Bertz CT molecular complexity index is 126. The summed E-state index contributed by atoms with van der Waals surface area (Å²) in [6.45, 7) is 2.22. The highest BCUT2D eigenvalue weighted by Gasteiger charge is 2.56. The minimum Gasteiger partial charge on any atom is -0.177 e. The summed E-state index contributed by atoms with van der Waals surface area (Å²) in [5.74, 6) is 0. The van der Waals surface area contributed by atoms with Crippen molar-refractivity contribution in [3.63, 3.8) is 0 Å². The van der Waals surface area contributed by atoms with Crippen LogP contribution in [0, 0.1) is 0 Å². The van der Waals surface area contributed by atoms with Crippen molar-refractivity contribution in [1.29, 1.82) is 0 Å². The lowest BCUT2D eigenvalue weighted by Crippen LogP contribution is -2.29. The Morgan fingerprint density at radius 3 is 1.08 bits per heavy atom. The van der Waals surface area contributed by atoms with Crippen molar-refractivity contribution in [2.24, 2.45) is 0 Å². The Kier molecular flexibility index (Phi) is 5.33. The van der Waals surface area contributed by atoms with E-state index in [1.54, 1.807) is 0 Å². The van der Waals surface area contributed by atoms with E-state index in [1.807, 2.05) is 0 Å². The molecule has 0 radical (unpaired) electrons. The number of halogens is 8. The van der Waals surface area contributed by atoms with Crippen LogP contribution in [0.25, 0.3) is 0 Å². The minimum atomic E-state index is -5.63. The fraction of sp³-hybridized carbons (Fsp3) is 0.500. The zero-order chi connectivity index (χ0) is 10.6. The fourth-order valence-corrected chi connectivity index (χ4v) is 0. The van der Waals surface area contributed by atoms with Gasteiger partial charge in [-0.25, -0.2) is 0 Å². The molecule has 0 fully saturated rings. The smallest absolute Gasteiger partial charge is 0.177 e. The number of hydrogen-bond acceptors (Lipinski definition) is 0. The predicted octanol–water partition coefficient (Wildman–Crippen LogP) is 3.78. The van der Waals surface area contributed by atoms with E-state index in [0.29, 0.717) is 0 Å². The molecule has 0 nitrogen and oxygen atoms in total. The topological polar surface area (TPSA) is 0 Å². The molecule has 0 aromatic carbocycles. The molecule has 0 saturated heterocycles. The molecule has 0 unspecified atom stereocenters. The zero-order valence-electron chi connectivity index (χ0n) is 5.23. The van der Waals surface area contributed by atoms with Gasteiger partial charge >= 0.3 is 11.6 Å². The standard InChI is InChI=1S/C2ClF5.C2H2F2/c3-1(4,5)2(6,7)8;1-2(3)4/h;1H2. The molecule has 0 heterocycles. The van der Waals surface area contributed by atoms with Crippen molar-refractivity contribution in [2.45, 2.75) is 11.6 Å². The molecule has 12 heavy (non-hydrogen) atoms. The second-order valence-corrected chi connectivity index (χ2v) is 1.81. The van der Waals surface area contributed by atoms with Crippen LogP contribution in [-0.2, 0) is 0 Å². The first kappa shape index (κ1) is 14.1. The lowest BCUT2D eigenvalue weighted by Gasteiger charge is -2.10. The van der Waals surface area contributed by atoms with E-state index < -0.39 is 17.6 Å². The maximum atomic E-state index is 10.9. The van der Waals surface area contributed by atoms with Crippen LogP contribution in [0.4, 0.5) is 30.7 Å². The van der Waals surface area contributed by atoms with Gasteiger partial charge in [0.05, 0.1) is 0 Å². The Balaban J connectivity index is 0. The molecule has 74 valence electrons. The second-order valence-electron chi connectivity index (χ2n) is 1.33. The third-order valence-electron chi connectivity index (χ3n) is 0.321. The number of hydrogen-bond donors (Lipinski definition) is 0. The highest BCUT2D eigenvalue weighted by atomic mass is 35.5. The van der Waals surface area contributed by atoms with Gasteiger partial charge in [-0.1, -0.05) is 0 Å². The molecule has 0 bridgehead atoms. The van der Waals surface area contributed by atoms with Gasteiger partial charge < -0.3 is 0 Å². The first-order valence-corrected chi connectivity index (χ1v) is 2.49. The maximum absolute atomic E-state index is 10.9. The summed E-state index contributed by atoms with van der Waals surface area (Å²) in [5, 5.41) is -5.09. The first-order chi connectivity index (χ1) is 4.98. The molecule has 0 aliphatic rings. The molecule has 0 aliphatic heterocycles. The van der Waals surface area contributed by atoms with E-state index in [4.69, 9.17) is 0 Å². The van der Waals surface area contributed by atoms with E-state index in [0.717, 1.165) is 0 Å². The summed E-state index contributed by atoms with van der Waals surface area (Å²) in [5.41, 5.74) is 0. The van der Waals surface area contributed by atoms with Crippen LogP contribution >= 0.6 is 11.6 Å². The Hall–Kier alpha value is -0.460. The molecule has 0 amide bonds. The molecule has 0 atom stereocenters. The predicted molar refractivity (Wildman–Crippen MR) is 28.2 cm³/mol. The quantitative estimate of drug-likeness (QED) is 0.429. The van der Waals surface area contributed by atoms with Crippen LogP contribution in [0.1, 0.15) is 0 Å². The normalized spacial score (nSPS) is 11.7. The van der Waals surface area contributed by atoms with E-state index >= 15 is 0 Å². The van der Waals surface area contributed by atoms with Gasteiger partial charge in [0.1, 0.15) is 0 Å². The van der Waals surface area contributed by atoms with Crippen molar-refractivity contribution in [3.8, 4) is 0 Å². The summed E-state index contributed by atoms with van der Waals surface area (Å²) in [6.07, 6.45) is -7.46. The van der Waals surface area contributed by atoms with E-state index in [1.165, 1.54) is 0 Å². The summed E-state index contributed by atoms with van der Waals surface area (Å²) in [4.78, 5) is 0. The van der Waals surface area contributed by atoms with Crippen LogP contribution in [0.15, 0.2) is 12.7 Å². The molecule has 0 aromatic heterocycles. The van der Waals surface area contributed by atoms with Crippen molar-refractivity contribution >= 4 is 11.6 Å². The second kappa shape index (κ2) is 4.54. The van der Waals surface area contributed by atoms with Gasteiger partial charge in [-0.2, -0.15) is 30.7 Å². The van der Waals surface area contributed by atoms with Gasteiger partial charge in [-0.3, -0.25) is 0 Å². The molecule has 0 aromatic rings. The van der Waals surface area contributed by atoms with E-state index in [-0.39, 0.29) is 0 Å². The minimum absolute atomic E-state index is 1.83. The van der Waals surface area contributed by atoms with Crippen LogP contribution < -0.4 is 0 Å². The van der Waals surface area contributed by atoms with Gasteiger partial charge in [0.25, 0.3) is 6.08 Å². The Morgan fingerprint density at radius 1 is 1.00 bits per heavy atom. The number of alkyl halides is 6. The molecule has 8 heteroatoms. The van der Waals surface area contributed by atoms with Crippen molar-refractivity contribution in [1.82, 2.24) is 0 Å².